The first kappa shape index (κ1) is 16.8. The third-order valence-electron chi connectivity index (χ3n) is 3.47. The van der Waals surface area contributed by atoms with Gasteiger partial charge in [0.05, 0.1) is 12.2 Å². The summed E-state index contributed by atoms with van der Waals surface area (Å²) in [4.78, 5) is 12.2. The van der Waals surface area contributed by atoms with E-state index in [1.165, 1.54) is 0 Å². The number of hydrogen-bond acceptors (Lipinski definition) is 7. The van der Waals surface area contributed by atoms with Gasteiger partial charge >= 0.3 is 5.97 Å². The minimum Gasteiger partial charge on any atom is -0.493 e. The molecule has 0 saturated carbocycles. The number of furan rings is 1. The Morgan fingerprint density at radius 3 is 2.68 bits per heavy atom. The molecular formula is C18H18N2O5. The number of esters is 1. The van der Waals surface area contributed by atoms with Crippen molar-refractivity contribution < 1.29 is 23.1 Å². The fraction of sp³-hybridized carbons (Fsp3) is 0.278. The first-order valence-corrected chi connectivity index (χ1v) is 7.87. The molecule has 0 spiro atoms. The largest absolute Gasteiger partial charge is 0.493 e. The summed E-state index contributed by atoms with van der Waals surface area (Å²) in [6.07, 6.45) is 0. The summed E-state index contributed by atoms with van der Waals surface area (Å²) in [5.41, 5.74) is 1.08. The van der Waals surface area contributed by atoms with E-state index in [2.05, 4.69) is 10.2 Å². The summed E-state index contributed by atoms with van der Waals surface area (Å²) >= 11 is 0. The number of nitrogens with zero attached hydrogens (tertiary/aromatic N) is 2. The van der Waals surface area contributed by atoms with Gasteiger partial charge in [-0.25, -0.2) is 4.79 Å². The number of rotatable bonds is 6. The summed E-state index contributed by atoms with van der Waals surface area (Å²) in [6.45, 7) is 5.84. The molecule has 0 radical (unpaired) electrons. The highest BCUT2D eigenvalue weighted by Crippen LogP contribution is 2.25. The second-order valence-electron chi connectivity index (χ2n) is 5.33. The number of benzene rings is 1. The van der Waals surface area contributed by atoms with E-state index in [0.29, 0.717) is 29.6 Å². The third-order valence-corrected chi connectivity index (χ3v) is 3.47. The molecule has 0 fully saturated rings. The van der Waals surface area contributed by atoms with Gasteiger partial charge in [0, 0.05) is 0 Å². The molecule has 0 atom stereocenters. The Morgan fingerprint density at radius 1 is 1.16 bits per heavy atom. The van der Waals surface area contributed by atoms with Gasteiger partial charge in [0.25, 0.3) is 11.8 Å². The fourth-order valence-electron chi connectivity index (χ4n) is 2.39. The Kier molecular flexibility index (Phi) is 4.83. The van der Waals surface area contributed by atoms with E-state index in [1.807, 2.05) is 26.8 Å². The van der Waals surface area contributed by atoms with Gasteiger partial charge in [0.2, 0.25) is 0 Å². The zero-order chi connectivity index (χ0) is 17.8. The topological polar surface area (TPSA) is 87.6 Å². The first-order chi connectivity index (χ1) is 12.1. The van der Waals surface area contributed by atoms with Crippen molar-refractivity contribution >= 4 is 5.97 Å². The molecular weight excluding hydrogens is 324 g/mol. The predicted molar refractivity (Wildman–Crippen MR) is 88.2 cm³/mol. The van der Waals surface area contributed by atoms with Crippen LogP contribution in [0.2, 0.25) is 0 Å². The number of carbonyl (C=O) groups is 1. The van der Waals surface area contributed by atoms with Crippen LogP contribution in [0.4, 0.5) is 0 Å². The Labute approximate surface area is 144 Å². The third kappa shape index (κ3) is 3.71. The van der Waals surface area contributed by atoms with Crippen LogP contribution in [0.25, 0.3) is 11.5 Å². The lowest BCUT2D eigenvalue weighted by atomic mass is 10.2. The smallest absolute Gasteiger partial charge is 0.342 e. The molecule has 130 valence electrons. The second kappa shape index (κ2) is 7.21. The second-order valence-corrected chi connectivity index (χ2v) is 5.33. The lowest BCUT2D eigenvalue weighted by Gasteiger charge is -2.08. The van der Waals surface area contributed by atoms with Crippen molar-refractivity contribution in [1.82, 2.24) is 10.2 Å². The summed E-state index contributed by atoms with van der Waals surface area (Å²) < 4.78 is 21.7. The van der Waals surface area contributed by atoms with E-state index >= 15 is 0 Å². The maximum absolute atomic E-state index is 12.2. The van der Waals surface area contributed by atoms with Crippen LogP contribution in [0.15, 0.2) is 39.2 Å². The van der Waals surface area contributed by atoms with E-state index < -0.39 is 5.97 Å². The molecule has 0 aliphatic carbocycles. The van der Waals surface area contributed by atoms with E-state index in [9.17, 15) is 4.79 Å². The molecule has 2 heterocycles. The summed E-state index contributed by atoms with van der Waals surface area (Å²) in [7, 11) is 0. The fourth-order valence-corrected chi connectivity index (χ4v) is 2.39. The van der Waals surface area contributed by atoms with Gasteiger partial charge in [-0.2, -0.15) is 0 Å². The van der Waals surface area contributed by atoms with Gasteiger partial charge in [-0.15, -0.1) is 10.2 Å². The van der Waals surface area contributed by atoms with Gasteiger partial charge in [0.15, 0.2) is 6.61 Å². The van der Waals surface area contributed by atoms with Crippen LogP contribution in [0.5, 0.6) is 5.75 Å². The predicted octanol–water partition coefficient (Wildman–Crippen LogP) is 3.70. The van der Waals surface area contributed by atoms with E-state index in [-0.39, 0.29) is 12.5 Å². The number of para-hydroxylation sites is 1. The molecule has 0 amide bonds. The van der Waals surface area contributed by atoms with Gasteiger partial charge < -0.3 is 18.3 Å². The number of aryl methyl sites for hydroxylation is 2. The zero-order valence-corrected chi connectivity index (χ0v) is 14.2. The highest BCUT2D eigenvalue weighted by Gasteiger charge is 2.17. The van der Waals surface area contributed by atoms with E-state index in [4.69, 9.17) is 18.3 Å². The molecule has 7 nitrogen and oxygen atoms in total. The maximum atomic E-state index is 12.2. The van der Waals surface area contributed by atoms with Gasteiger partial charge in [-0.1, -0.05) is 12.1 Å². The minimum absolute atomic E-state index is 0.123. The first-order valence-electron chi connectivity index (χ1n) is 7.87. The van der Waals surface area contributed by atoms with Crippen LogP contribution >= 0.6 is 0 Å². The van der Waals surface area contributed by atoms with E-state index in [0.717, 1.165) is 11.3 Å². The Balaban J connectivity index is 1.68. The molecule has 2 aromatic heterocycles. The molecule has 0 aliphatic rings. The molecule has 1 aromatic carbocycles. The Morgan fingerprint density at radius 2 is 1.96 bits per heavy atom. The Hall–Kier alpha value is -3.09. The molecule has 3 aromatic rings. The summed E-state index contributed by atoms with van der Waals surface area (Å²) in [5, 5.41) is 7.87. The Bertz CT molecular complexity index is 881. The highest BCUT2D eigenvalue weighted by molar-refractivity contribution is 5.92. The van der Waals surface area contributed by atoms with Crippen LogP contribution in [-0.2, 0) is 11.3 Å². The van der Waals surface area contributed by atoms with Crippen molar-refractivity contribution in [1.29, 1.82) is 0 Å². The van der Waals surface area contributed by atoms with Crippen molar-refractivity contribution in [3.63, 3.8) is 0 Å². The zero-order valence-electron chi connectivity index (χ0n) is 14.2. The maximum Gasteiger partial charge on any atom is 0.342 e. The van der Waals surface area contributed by atoms with Crippen molar-refractivity contribution in [2.45, 2.75) is 27.4 Å². The van der Waals surface area contributed by atoms with Crippen LogP contribution in [-0.4, -0.2) is 22.8 Å². The average Bonchev–Trinajstić information content (AvgIpc) is 3.19. The molecule has 0 aliphatic heterocycles. The lowest BCUT2D eigenvalue weighted by Crippen LogP contribution is -2.08. The minimum atomic E-state index is -0.515. The van der Waals surface area contributed by atoms with Crippen LogP contribution in [0.3, 0.4) is 0 Å². The van der Waals surface area contributed by atoms with E-state index in [1.54, 1.807) is 24.3 Å². The van der Waals surface area contributed by atoms with Gasteiger partial charge in [-0.3, -0.25) is 0 Å². The average molecular weight is 342 g/mol. The molecule has 7 heteroatoms. The molecule has 3 rings (SSSR count). The monoisotopic (exact) mass is 342 g/mol. The quantitative estimate of drug-likeness (QED) is 0.631. The molecule has 0 unspecified atom stereocenters. The van der Waals surface area contributed by atoms with Crippen LogP contribution in [0, 0.1) is 13.8 Å². The van der Waals surface area contributed by atoms with Crippen molar-refractivity contribution in [2.24, 2.45) is 0 Å². The van der Waals surface area contributed by atoms with Gasteiger partial charge in [-0.05, 0) is 39.0 Å². The van der Waals surface area contributed by atoms with Crippen molar-refractivity contribution in [2.75, 3.05) is 6.61 Å². The van der Waals surface area contributed by atoms with Crippen molar-refractivity contribution in [3.8, 4) is 17.2 Å². The van der Waals surface area contributed by atoms with Crippen LogP contribution in [0.1, 0.15) is 34.7 Å². The number of carbonyl (C=O) groups excluding carboxylic acids is 1. The summed E-state index contributed by atoms with van der Waals surface area (Å²) in [6, 6.07) is 8.71. The van der Waals surface area contributed by atoms with Crippen molar-refractivity contribution in [3.05, 3.63) is 53.3 Å². The molecule has 0 N–H and O–H groups in total. The molecule has 25 heavy (non-hydrogen) atoms. The SMILES string of the molecule is CCOc1ccccc1C(=O)OCc1nnc(-c2cc(C)oc2C)o1. The standard InChI is InChI=1S/C18H18N2O5/c1-4-22-15-8-6-5-7-13(15)18(21)23-10-16-19-20-17(25-16)14-9-11(2)24-12(14)3/h5-9H,4,10H2,1-3H3. The van der Waals surface area contributed by atoms with Crippen LogP contribution < -0.4 is 4.74 Å². The lowest BCUT2D eigenvalue weighted by molar-refractivity contribution is 0.0434. The normalized spacial score (nSPS) is 10.7. The molecule has 0 saturated heterocycles. The number of hydrogen-bond donors (Lipinski definition) is 0. The van der Waals surface area contributed by atoms with Gasteiger partial charge in [0.1, 0.15) is 22.8 Å². The summed E-state index contributed by atoms with van der Waals surface area (Å²) in [5.74, 6) is 1.94. The number of aromatic nitrogens is 2. The highest BCUT2D eigenvalue weighted by atomic mass is 16.5. The number of ether oxygens (including phenoxy) is 2. The molecule has 0 bridgehead atoms.